The Morgan fingerprint density at radius 1 is 1.50 bits per heavy atom. The van der Waals surface area contributed by atoms with Crippen LogP contribution in [0.5, 0.6) is 0 Å². The lowest BCUT2D eigenvalue weighted by Crippen LogP contribution is -2.20. The average molecular weight is 224 g/mol. The summed E-state index contributed by atoms with van der Waals surface area (Å²) >= 11 is 0. The molecule has 4 nitrogen and oxygen atoms in total. The molecular formula is C12H20N2O2. The number of hydrogen-bond donors (Lipinski definition) is 2. The number of rotatable bonds is 3. The molecule has 4 N–H and O–H groups in total. The average Bonchev–Trinajstić information content (AvgIpc) is 2.24. The van der Waals surface area contributed by atoms with Crippen LogP contribution in [0.25, 0.3) is 0 Å². The van der Waals surface area contributed by atoms with Gasteiger partial charge in [-0.1, -0.05) is 13.8 Å². The standard InChI is InChI=1S/C12H20N2O2/c1-8(2)7-16-12(15)11(14)9-4-3-5-10(13)6-9/h6,8H,3-5,7,13-14H2,1-2H3/b11-9+. The lowest BCUT2D eigenvalue weighted by molar-refractivity contribution is -0.140. The van der Waals surface area contributed by atoms with Crippen molar-refractivity contribution in [1.29, 1.82) is 0 Å². The molecule has 0 aromatic rings. The second kappa shape index (κ2) is 5.58. The van der Waals surface area contributed by atoms with Crippen molar-refractivity contribution in [2.24, 2.45) is 17.4 Å². The predicted molar refractivity (Wildman–Crippen MR) is 63.1 cm³/mol. The first-order valence-corrected chi connectivity index (χ1v) is 5.62. The van der Waals surface area contributed by atoms with Gasteiger partial charge in [-0.15, -0.1) is 0 Å². The van der Waals surface area contributed by atoms with Crippen LogP contribution in [0.2, 0.25) is 0 Å². The zero-order chi connectivity index (χ0) is 12.1. The van der Waals surface area contributed by atoms with Gasteiger partial charge >= 0.3 is 5.97 Å². The highest BCUT2D eigenvalue weighted by molar-refractivity contribution is 5.88. The fourth-order valence-electron chi connectivity index (χ4n) is 1.51. The van der Waals surface area contributed by atoms with Crippen LogP contribution in [-0.4, -0.2) is 12.6 Å². The van der Waals surface area contributed by atoms with E-state index in [1.807, 2.05) is 13.8 Å². The van der Waals surface area contributed by atoms with E-state index in [9.17, 15) is 4.79 Å². The molecule has 0 heterocycles. The Morgan fingerprint density at radius 3 is 2.75 bits per heavy atom. The van der Waals surface area contributed by atoms with Crippen molar-refractivity contribution in [2.45, 2.75) is 33.1 Å². The van der Waals surface area contributed by atoms with E-state index in [-0.39, 0.29) is 5.70 Å². The van der Waals surface area contributed by atoms with Crippen molar-refractivity contribution in [3.8, 4) is 0 Å². The van der Waals surface area contributed by atoms with Crippen molar-refractivity contribution >= 4 is 5.97 Å². The lowest BCUT2D eigenvalue weighted by Gasteiger charge is -2.14. The summed E-state index contributed by atoms with van der Waals surface area (Å²) in [5.41, 5.74) is 13.2. The molecular weight excluding hydrogens is 204 g/mol. The fourth-order valence-corrected chi connectivity index (χ4v) is 1.51. The van der Waals surface area contributed by atoms with Crippen LogP contribution in [0, 0.1) is 5.92 Å². The number of carbonyl (C=O) groups is 1. The molecule has 0 saturated heterocycles. The van der Waals surface area contributed by atoms with Gasteiger partial charge in [-0.3, -0.25) is 0 Å². The van der Waals surface area contributed by atoms with Gasteiger partial charge in [0.2, 0.25) is 0 Å². The summed E-state index contributed by atoms with van der Waals surface area (Å²) in [6, 6.07) is 0. The molecule has 0 aromatic carbocycles. The quantitative estimate of drug-likeness (QED) is 0.561. The summed E-state index contributed by atoms with van der Waals surface area (Å²) < 4.78 is 5.06. The minimum absolute atomic E-state index is 0.198. The van der Waals surface area contributed by atoms with Gasteiger partial charge in [0.25, 0.3) is 0 Å². The van der Waals surface area contributed by atoms with Crippen LogP contribution in [0.15, 0.2) is 23.0 Å². The van der Waals surface area contributed by atoms with E-state index in [0.717, 1.165) is 30.5 Å². The van der Waals surface area contributed by atoms with E-state index < -0.39 is 5.97 Å². The van der Waals surface area contributed by atoms with Crippen molar-refractivity contribution in [3.05, 3.63) is 23.0 Å². The first-order valence-electron chi connectivity index (χ1n) is 5.62. The van der Waals surface area contributed by atoms with Crippen molar-refractivity contribution in [1.82, 2.24) is 0 Å². The Labute approximate surface area is 96.3 Å². The Bertz CT molecular complexity index is 330. The second-order valence-electron chi connectivity index (χ2n) is 4.50. The Balaban J connectivity index is 2.67. The Kier molecular flexibility index (Phi) is 4.40. The van der Waals surface area contributed by atoms with Gasteiger partial charge in [0.1, 0.15) is 5.70 Å². The van der Waals surface area contributed by atoms with E-state index in [0.29, 0.717) is 12.5 Å². The van der Waals surface area contributed by atoms with E-state index in [2.05, 4.69) is 0 Å². The number of carbonyl (C=O) groups excluding carboxylic acids is 1. The SMILES string of the molecule is CC(C)COC(=O)/C(N)=C1\C=C(N)CCC1. The number of nitrogens with two attached hydrogens (primary N) is 2. The highest BCUT2D eigenvalue weighted by Crippen LogP contribution is 2.21. The first kappa shape index (κ1) is 12.6. The summed E-state index contributed by atoms with van der Waals surface area (Å²) in [7, 11) is 0. The topological polar surface area (TPSA) is 78.3 Å². The summed E-state index contributed by atoms with van der Waals surface area (Å²) in [5.74, 6) is -0.122. The second-order valence-corrected chi connectivity index (χ2v) is 4.50. The minimum Gasteiger partial charge on any atom is -0.461 e. The number of esters is 1. The lowest BCUT2D eigenvalue weighted by atomic mass is 9.98. The van der Waals surface area contributed by atoms with Gasteiger partial charge in [-0.2, -0.15) is 0 Å². The third-order valence-electron chi connectivity index (χ3n) is 2.38. The van der Waals surface area contributed by atoms with Crippen LogP contribution in [0.3, 0.4) is 0 Å². The van der Waals surface area contributed by atoms with Crippen LogP contribution < -0.4 is 11.5 Å². The number of ether oxygens (including phenoxy) is 1. The largest absolute Gasteiger partial charge is 0.461 e. The number of allylic oxidation sites excluding steroid dienone is 3. The Morgan fingerprint density at radius 2 is 2.19 bits per heavy atom. The zero-order valence-corrected chi connectivity index (χ0v) is 9.95. The molecule has 0 atom stereocenters. The smallest absolute Gasteiger partial charge is 0.354 e. The molecule has 16 heavy (non-hydrogen) atoms. The molecule has 0 aliphatic heterocycles. The molecule has 1 aliphatic carbocycles. The minimum atomic E-state index is -0.436. The maximum Gasteiger partial charge on any atom is 0.354 e. The summed E-state index contributed by atoms with van der Waals surface area (Å²) in [5, 5.41) is 0. The van der Waals surface area contributed by atoms with Gasteiger partial charge in [0.15, 0.2) is 0 Å². The molecule has 90 valence electrons. The monoisotopic (exact) mass is 224 g/mol. The van der Waals surface area contributed by atoms with Crippen LogP contribution in [0.1, 0.15) is 33.1 Å². The zero-order valence-electron chi connectivity index (χ0n) is 9.95. The highest BCUT2D eigenvalue weighted by Gasteiger charge is 2.15. The van der Waals surface area contributed by atoms with E-state index in [4.69, 9.17) is 16.2 Å². The third-order valence-corrected chi connectivity index (χ3v) is 2.38. The molecule has 0 spiro atoms. The molecule has 0 unspecified atom stereocenters. The highest BCUT2D eigenvalue weighted by atomic mass is 16.5. The first-order chi connectivity index (χ1) is 7.50. The molecule has 0 amide bonds. The predicted octanol–water partition coefficient (Wildman–Crippen LogP) is 1.42. The fraction of sp³-hybridized carbons (Fsp3) is 0.583. The molecule has 1 aliphatic rings. The third kappa shape index (κ3) is 3.61. The molecule has 0 radical (unpaired) electrons. The molecule has 0 fully saturated rings. The van der Waals surface area contributed by atoms with E-state index in [1.54, 1.807) is 6.08 Å². The van der Waals surface area contributed by atoms with E-state index in [1.165, 1.54) is 0 Å². The van der Waals surface area contributed by atoms with Crippen LogP contribution >= 0.6 is 0 Å². The molecule has 0 bridgehead atoms. The van der Waals surface area contributed by atoms with Crippen LogP contribution in [0.4, 0.5) is 0 Å². The normalized spacial score (nSPS) is 19.3. The summed E-state index contributed by atoms with van der Waals surface area (Å²) in [4.78, 5) is 11.6. The molecule has 0 saturated carbocycles. The van der Waals surface area contributed by atoms with Gasteiger partial charge < -0.3 is 16.2 Å². The Hall–Kier alpha value is -1.45. The molecule has 1 rings (SSSR count). The summed E-state index contributed by atoms with van der Waals surface area (Å²) in [6.45, 7) is 4.36. The van der Waals surface area contributed by atoms with Crippen LogP contribution in [-0.2, 0) is 9.53 Å². The maximum atomic E-state index is 11.6. The molecule has 0 aromatic heterocycles. The molecule has 4 heteroatoms. The van der Waals surface area contributed by atoms with Gasteiger partial charge in [0.05, 0.1) is 6.61 Å². The van der Waals surface area contributed by atoms with Gasteiger partial charge in [0, 0.05) is 5.70 Å². The van der Waals surface area contributed by atoms with Gasteiger partial charge in [-0.05, 0) is 36.8 Å². The number of hydrogen-bond acceptors (Lipinski definition) is 4. The van der Waals surface area contributed by atoms with Gasteiger partial charge in [-0.25, -0.2) is 4.79 Å². The van der Waals surface area contributed by atoms with Crippen molar-refractivity contribution in [2.75, 3.05) is 6.61 Å². The van der Waals surface area contributed by atoms with Crippen molar-refractivity contribution in [3.63, 3.8) is 0 Å². The summed E-state index contributed by atoms with van der Waals surface area (Å²) in [6.07, 6.45) is 4.40. The maximum absolute atomic E-state index is 11.6. The van der Waals surface area contributed by atoms with E-state index >= 15 is 0 Å². The van der Waals surface area contributed by atoms with Crippen molar-refractivity contribution < 1.29 is 9.53 Å².